The Morgan fingerprint density at radius 3 is 2.63 bits per heavy atom. The lowest BCUT2D eigenvalue weighted by Gasteiger charge is -2.38. The summed E-state index contributed by atoms with van der Waals surface area (Å²) in [6.45, 7) is 4.64. The lowest BCUT2D eigenvalue weighted by Crippen LogP contribution is -2.50. The number of ether oxygens (including phenoxy) is 3. The van der Waals surface area contributed by atoms with E-state index in [0.29, 0.717) is 68.1 Å². The molecule has 2 aliphatic heterocycles. The number of amides is 1. The van der Waals surface area contributed by atoms with Crippen molar-refractivity contribution >= 4 is 11.9 Å². The molecule has 2 aromatic heterocycles. The number of carbonyl (C=O) groups excluding carboxylic acids is 1. The third-order valence-electron chi connectivity index (χ3n) is 6.48. The van der Waals surface area contributed by atoms with E-state index in [2.05, 4.69) is 26.3 Å². The van der Waals surface area contributed by atoms with Gasteiger partial charge in [-0.25, -0.2) is 19.3 Å². The highest BCUT2D eigenvalue weighted by Crippen LogP contribution is 2.36. The maximum absolute atomic E-state index is 13.8. The van der Waals surface area contributed by atoms with E-state index in [0.717, 1.165) is 0 Å². The summed E-state index contributed by atoms with van der Waals surface area (Å²) < 4.78 is 33.3. The summed E-state index contributed by atoms with van der Waals surface area (Å²) in [4.78, 5) is 28.2. The first-order valence-corrected chi connectivity index (χ1v) is 12.4. The predicted octanol–water partition coefficient (Wildman–Crippen LogP) is 2.49. The van der Waals surface area contributed by atoms with Crippen molar-refractivity contribution in [3.8, 4) is 23.1 Å². The molecule has 0 bridgehead atoms. The molecule has 2 fully saturated rings. The van der Waals surface area contributed by atoms with Gasteiger partial charge in [0.25, 0.3) is 0 Å². The van der Waals surface area contributed by atoms with Crippen LogP contribution in [0.25, 0.3) is 17.1 Å². The standard InChI is InChI=1S/C26H28FN7O4/c1-26(37-16-18(17-38-26)23(35)33-11-13-36-14-12-33)24-31-15-22(34(24)20-5-3-19(27)4-6-20)21-7-10-30-25(32-21)29-9-2-8-28/h3-7,10,15,18H,2,9,11-14,16-17H2,1H3,(H,29,30,32). The number of aromatic nitrogens is 4. The Bertz CT molecular complexity index is 1310. The van der Waals surface area contributed by atoms with Crippen molar-refractivity contribution in [1.82, 2.24) is 24.4 Å². The lowest BCUT2D eigenvalue weighted by atomic mass is 10.1. The molecule has 2 saturated heterocycles. The van der Waals surface area contributed by atoms with E-state index in [1.165, 1.54) is 12.1 Å². The Balaban J connectivity index is 1.44. The van der Waals surface area contributed by atoms with Crippen LogP contribution in [0.1, 0.15) is 19.2 Å². The monoisotopic (exact) mass is 521 g/mol. The van der Waals surface area contributed by atoms with Gasteiger partial charge in [0, 0.05) is 31.5 Å². The molecule has 1 N–H and O–H groups in total. The summed E-state index contributed by atoms with van der Waals surface area (Å²) >= 11 is 0. The summed E-state index contributed by atoms with van der Waals surface area (Å²) in [6.07, 6.45) is 3.56. The van der Waals surface area contributed by atoms with Gasteiger partial charge in [-0.2, -0.15) is 5.26 Å². The molecule has 0 aliphatic carbocycles. The zero-order valence-corrected chi connectivity index (χ0v) is 21.0. The third-order valence-corrected chi connectivity index (χ3v) is 6.48. The fourth-order valence-corrected chi connectivity index (χ4v) is 4.44. The van der Waals surface area contributed by atoms with E-state index in [9.17, 15) is 9.18 Å². The zero-order valence-electron chi connectivity index (χ0n) is 21.0. The van der Waals surface area contributed by atoms with Crippen molar-refractivity contribution in [2.45, 2.75) is 19.1 Å². The van der Waals surface area contributed by atoms with E-state index in [1.54, 1.807) is 47.0 Å². The molecular weight excluding hydrogens is 493 g/mol. The molecule has 2 aliphatic rings. The van der Waals surface area contributed by atoms with Crippen LogP contribution in [-0.2, 0) is 24.8 Å². The average molecular weight is 522 g/mol. The molecule has 1 aromatic carbocycles. The van der Waals surface area contributed by atoms with Crippen LogP contribution in [-0.4, -0.2) is 76.4 Å². The van der Waals surface area contributed by atoms with Gasteiger partial charge in [-0.1, -0.05) is 0 Å². The van der Waals surface area contributed by atoms with Crippen molar-refractivity contribution in [1.29, 1.82) is 5.26 Å². The Morgan fingerprint density at radius 1 is 1.18 bits per heavy atom. The first kappa shape index (κ1) is 25.7. The number of nitrogens with zero attached hydrogens (tertiary/aromatic N) is 6. The van der Waals surface area contributed by atoms with Crippen molar-refractivity contribution < 1.29 is 23.4 Å². The number of benzene rings is 1. The Kier molecular flexibility index (Phi) is 7.59. The van der Waals surface area contributed by atoms with Crippen molar-refractivity contribution in [3.63, 3.8) is 0 Å². The second-order valence-electron chi connectivity index (χ2n) is 9.08. The average Bonchev–Trinajstić information content (AvgIpc) is 3.41. The lowest BCUT2D eigenvalue weighted by molar-refractivity contribution is -0.284. The molecule has 0 saturated carbocycles. The normalized spacial score (nSPS) is 21.6. The van der Waals surface area contributed by atoms with E-state index >= 15 is 0 Å². The molecule has 5 rings (SSSR count). The van der Waals surface area contributed by atoms with Crippen LogP contribution < -0.4 is 5.32 Å². The van der Waals surface area contributed by atoms with Gasteiger partial charge in [0.2, 0.25) is 17.6 Å². The van der Waals surface area contributed by atoms with Crippen LogP contribution in [0, 0.1) is 23.1 Å². The first-order chi connectivity index (χ1) is 18.5. The van der Waals surface area contributed by atoms with Crippen LogP contribution in [0.3, 0.4) is 0 Å². The number of nitriles is 1. The predicted molar refractivity (Wildman–Crippen MR) is 133 cm³/mol. The maximum atomic E-state index is 13.8. The molecule has 0 unspecified atom stereocenters. The van der Waals surface area contributed by atoms with Gasteiger partial charge in [-0.05, 0) is 37.3 Å². The molecule has 198 valence electrons. The number of rotatable bonds is 7. The topological polar surface area (TPSA) is 127 Å². The highest BCUT2D eigenvalue weighted by atomic mass is 19.1. The SMILES string of the molecule is CC1(c2ncc(-c3ccnc(NCCC#N)n3)n2-c2ccc(F)cc2)OCC(C(=O)N2CCOCC2)CO1. The van der Waals surface area contributed by atoms with Gasteiger partial charge in [0.1, 0.15) is 5.82 Å². The van der Waals surface area contributed by atoms with Gasteiger partial charge in [0.15, 0.2) is 5.82 Å². The minimum Gasteiger partial charge on any atom is -0.378 e. The van der Waals surface area contributed by atoms with E-state index in [4.69, 9.17) is 19.5 Å². The van der Waals surface area contributed by atoms with Crippen LogP contribution >= 0.6 is 0 Å². The molecule has 1 amide bonds. The number of carbonyl (C=O) groups is 1. The van der Waals surface area contributed by atoms with E-state index < -0.39 is 11.7 Å². The number of hydrogen-bond donors (Lipinski definition) is 1. The number of halogens is 1. The van der Waals surface area contributed by atoms with Gasteiger partial charge >= 0.3 is 0 Å². The van der Waals surface area contributed by atoms with Crippen LogP contribution in [0.5, 0.6) is 0 Å². The molecule has 38 heavy (non-hydrogen) atoms. The zero-order chi connectivity index (χ0) is 26.5. The van der Waals surface area contributed by atoms with Gasteiger partial charge < -0.3 is 24.4 Å². The van der Waals surface area contributed by atoms with Gasteiger partial charge in [0.05, 0.1) is 62.4 Å². The molecule has 4 heterocycles. The fourth-order valence-electron chi connectivity index (χ4n) is 4.44. The van der Waals surface area contributed by atoms with Crippen LogP contribution in [0.4, 0.5) is 10.3 Å². The smallest absolute Gasteiger partial charge is 0.230 e. The van der Waals surface area contributed by atoms with Crippen LogP contribution in [0.2, 0.25) is 0 Å². The van der Waals surface area contributed by atoms with E-state index in [-0.39, 0.29) is 24.9 Å². The number of hydrogen-bond acceptors (Lipinski definition) is 9. The Morgan fingerprint density at radius 2 is 1.92 bits per heavy atom. The van der Waals surface area contributed by atoms with Crippen molar-refractivity contribution in [2.75, 3.05) is 51.4 Å². The van der Waals surface area contributed by atoms with Crippen molar-refractivity contribution in [3.05, 3.63) is 54.4 Å². The molecule has 0 radical (unpaired) electrons. The summed E-state index contributed by atoms with van der Waals surface area (Å²) in [7, 11) is 0. The fraction of sp³-hybridized carbons (Fsp3) is 0.423. The number of morpholine rings is 1. The molecule has 0 spiro atoms. The minimum absolute atomic E-state index is 0.0182. The minimum atomic E-state index is -1.27. The highest BCUT2D eigenvalue weighted by Gasteiger charge is 2.42. The summed E-state index contributed by atoms with van der Waals surface area (Å²) in [5.74, 6) is -1.30. The van der Waals surface area contributed by atoms with E-state index in [1.807, 2.05) is 0 Å². The van der Waals surface area contributed by atoms with Gasteiger partial charge in [-0.15, -0.1) is 0 Å². The molecule has 11 nitrogen and oxygen atoms in total. The third kappa shape index (κ3) is 5.35. The van der Waals surface area contributed by atoms with Gasteiger partial charge in [-0.3, -0.25) is 9.36 Å². The summed E-state index contributed by atoms with van der Waals surface area (Å²) in [5.41, 5.74) is 1.80. The molecule has 12 heteroatoms. The quantitative estimate of drug-likeness (QED) is 0.467. The number of anilines is 1. The summed E-state index contributed by atoms with van der Waals surface area (Å²) in [5, 5.41) is 11.8. The Labute approximate surface area is 219 Å². The summed E-state index contributed by atoms with van der Waals surface area (Å²) in [6, 6.07) is 9.79. The molecule has 3 aromatic rings. The first-order valence-electron chi connectivity index (χ1n) is 12.4. The second-order valence-corrected chi connectivity index (χ2v) is 9.08. The number of nitrogens with one attached hydrogen (secondary N) is 1. The molecule has 0 atom stereocenters. The van der Waals surface area contributed by atoms with Crippen LogP contribution in [0.15, 0.2) is 42.7 Å². The Hall–Kier alpha value is -3.92. The van der Waals surface area contributed by atoms with Crippen molar-refractivity contribution in [2.24, 2.45) is 5.92 Å². The highest BCUT2D eigenvalue weighted by molar-refractivity contribution is 5.79. The largest absolute Gasteiger partial charge is 0.378 e. The number of imidazole rings is 1. The molecular formula is C26H28FN7O4. The second kappa shape index (κ2) is 11.2. The maximum Gasteiger partial charge on any atom is 0.230 e.